The Labute approximate surface area is 385 Å². The first kappa shape index (κ1) is 44.8. The van der Waals surface area contributed by atoms with E-state index in [0.29, 0.717) is 19.3 Å². The highest BCUT2D eigenvalue weighted by Crippen LogP contribution is 2.52. The summed E-state index contributed by atoms with van der Waals surface area (Å²) in [5.41, 5.74) is 6.43. The van der Waals surface area contributed by atoms with E-state index in [1.54, 1.807) is 17.0 Å². The molecule has 8 nitrogen and oxygen atoms in total. The quantitative estimate of drug-likeness (QED) is 0.0529. The molecule has 4 aliphatic rings. The van der Waals surface area contributed by atoms with E-state index in [1.807, 2.05) is 48.5 Å². The topological polar surface area (TPSA) is 99.5 Å². The molecule has 334 valence electrons. The molecular formula is C55H61BN2O6Si. The fraction of sp³-hybridized carbons (Fsp3) is 0.345. The number of likely N-dealkylation sites (tertiary alicyclic amines) is 2. The molecule has 9 rings (SSSR count). The SMILES string of the molecule is CC(C)(C)[Si](OCC1=C2[C@@H](CC/C(=C/c3ccc(O)cc3)c3ccccc3)OB(O)C[C@@H]2[C@@H]2C(=O)N(C3CCN(Cc4ccccc4)CC3)C(=O)[C@@H]2C1)(c1ccccc1)c1ccccc1. The van der Waals surface area contributed by atoms with Crippen LogP contribution >= 0.6 is 0 Å². The monoisotopic (exact) mass is 884 g/mol. The van der Waals surface area contributed by atoms with Gasteiger partial charge in [0.15, 0.2) is 0 Å². The minimum Gasteiger partial charge on any atom is -0.508 e. The van der Waals surface area contributed by atoms with Crippen LogP contribution in [-0.2, 0) is 25.2 Å². The van der Waals surface area contributed by atoms with E-state index in [9.17, 15) is 19.7 Å². The maximum Gasteiger partial charge on any atom is 0.455 e. The Balaban J connectivity index is 1.07. The fourth-order valence-corrected chi connectivity index (χ4v) is 16.0. The minimum absolute atomic E-state index is 0.0794. The van der Waals surface area contributed by atoms with Crippen LogP contribution in [0.1, 0.15) is 69.6 Å². The predicted molar refractivity (Wildman–Crippen MR) is 262 cm³/mol. The Morgan fingerprint density at radius 1 is 0.785 bits per heavy atom. The second-order valence-electron chi connectivity index (χ2n) is 19.5. The van der Waals surface area contributed by atoms with E-state index in [0.717, 1.165) is 60.3 Å². The maximum atomic E-state index is 15.0. The Morgan fingerprint density at radius 3 is 1.97 bits per heavy atom. The number of fused-ring (bicyclic) bond motifs is 3. The zero-order valence-electron chi connectivity index (χ0n) is 37.9. The molecule has 0 radical (unpaired) electrons. The van der Waals surface area contributed by atoms with Crippen LogP contribution in [0, 0.1) is 17.8 Å². The predicted octanol–water partition coefficient (Wildman–Crippen LogP) is 8.75. The third-order valence-corrected chi connectivity index (χ3v) is 19.4. The van der Waals surface area contributed by atoms with Gasteiger partial charge in [0, 0.05) is 25.7 Å². The molecule has 0 bridgehead atoms. The molecule has 65 heavy (non-hydrogen) atoms. The number of hydrogen-bond donors (Lipinski definition) is 2. The number of aromatic hydroxyl groups is 1. The summed E-state index contributed by atoms with van der Waals surface area (Å²) in [5, 5.41) is 23.7. The van der Waals surface area contributed by atoms with Gasteiger partial charge in [-0.2, -0.15) is 0 Å². The average molecular weight is 885 g/mol. The van der Waals surface area contributed by atoms with Crippen LogP contribution in [0.15, 0.2) is 157 Å². The van der Waals surface area contributed by atoms with Gasteiger partial charge >= 0.3 is 7.12 Å². The number of carbonyl (C=O) groups excluding carboxylic acids is 2. The van der Waals surface area contributed by atoms with E-state index >= 15 is 0 Å². The molecule has 0 saturated carbocycles. The third-order valence-electron chi connectivity index (χ3n) is 14.4. The zero-order chi connectivity index (χ0) is 45.1. The largest absolute Gasteiger partial charge is 0.508 e. The maximum absolute atomic E-state index is 15.0. The molecule has 5 aromatic carbocycles. The van der Waals surface area contributed by atoms with Gasteiger partial charge in [-0.3, -0.25) is 19.4 Å². The smallest absolute Gasteiger partial charge is 0.455 e. The molecule has 0 spiro atoms. The number of nitrogens with zero attached hydrogens (tertiary/aromatic N) is 2. The van der Waals surface area contributed by atoms with E-state index in [2.05, 4.69) is 117 Å². The first-order chi connectivity index (χ1) is 31.5. The van der Waals surface area contributed by atoms with E-state index in [4.69, 9.17) is 9.08 Å². The van der Waals surface area contributed by atoms with Gasteiger partial charge in [0.1, 0.15) is 5.75 Å². The molecule has 5 aromatic rings. The lowest BCUT2D eigenvalue weighted by Crippen LogP contribution is -2.66. The summed E-state index contributed by atoms with van der Waals surface area (Å²) in [6, 6.07) is 49.0. The fourth-order valence-electron chi connectivity index (χ4n) is 11.4. The van der Waals surface area contributed by atoms with Crippen molar-refractivity contribution in [2.75, 3.05) is 19.7 Å². The highest BCUT2D eigenvalue weighted by molar-refractivity contribution is 6.99. The highest BCUT2D eigenvalue weighted by Gasteiger charge is 2.59. The number of amides is 2. The molecule has 3 aliphatic heterocycles. The summed E-state index contributed by atoms with van der Waals surface area (Å²) in [6.07, 6.45) is 4.94. The number of allylic oxidation sites excluding steroid dienone is 1. The van der Waals surface area contributed by atoms with Crippen molar-refractivity contribution < 1.29 is 28.8 Å². The van der Waals surface area contributed by atoms with Crippen LogP contribution in [0.3, 0.4) is 0 Å². The molecule has 2 amide bonds. The van der Waals surface area contributed by atoms with Crippen molar-refractivity contribution in [1.29, 1.82) is 0 Å². The number of rotatable bonds is 13. The second-order valence-corrected chi connectivity index (χ2v) is 23.8. The van der Waals surface area contributed by atoms with Crippen LogP contribution in [0.2, 0.25) is 11.4 Å². The second kappa shape index (κ2) is 19.2. The number of hydrogen-bond acceptors (Lipinski definition) is 7. The van der Waals surface area contributed by atoms with Crippen LogP contribution in [0.5, 0.6) is 5.75 Å². The van der Waals surface area contributed by atoms with Crippen molar-refractivity contribution in [1.82, 2.24) is 9.80 Å². The summed E-state index contributed by atoms with van der Waals surface area (Å²) < 4.78 is 14.2. The lowest BCUT2D eigenvalue weighted by Gasteiger charge is -2.46. The Bertz CT molecular complexity index is 2450. The summed E-state index contributed by atoms with van der Waals surface area (Å²) >= 11 is 0. The van der Waals surface area contributed by atoms with Crippen molar-refractivity contribution in [2.45, 2.75) is 82.9 Å². The number of carbonyl (C=O) groups is 2. The molecule has 0 aromatic heterocycles. The summed E-state index contributed by atoms with van der Waals surface area (Å²) in [6.45, 7) is 9.57. The molecule has 1 aliphatic carbocycles. The van der Waals surface area contributed by atoms with Crippen LogP contribution < -0.4 is 10.4 Å². The first-order valence-electron chi connectivity index (χ1n) is 23.5. The van der Waals surface area contributed by atoms with Gasteiger partial charge in [0.05, 0.1) is 24.5 Å². The Morgan fingerprint density at radius 2 is 1.37 bits per heavy atom. The molecule has 3 fully saturated rings. The Kier molecular flexibility index (Phi) is 13.3. The van der Waals surface area contributed by atoms with Crippen LogP contribution in [0.25, 0.3) is 11.6 Å². The van der Waals surface area contributed by atoms with Gasteiger partial charge in [0.2, 0.25) is 11.8 Å². The van der Waals surface area contributed by atoms with E-state index < -0.39 is 33.4 Å². The van der Waals surface area contributed by atoms with E-state index in [-0.39, 0.29) is 47.5 Å². The highest BCUT2D eigenvalue weighted by atomic mass is 28.4. The van der Waals surface area contributed by atoms with Gasteiger partial charge in [-0.25, -0.2) is 0 Å². The Hall–Kier alpha value is -5.36. The lowest BCUT2D eigenvalue weighted by atomic mass is 9.58. The normalized spacial score (nSPS) is 22.3. The molecule has 4 atom stereocenters. The van der Waals surface area contributed by atoms with Crippen LogP contribution in [0.4, 0.5) is 0 Å². The lowest BCUT2D eigenvalue weighted by molar-refractivity contribution is -0.144. The minimum atomic E-state index is -3.01. The molecule has 0 unspecified atom stereocenters. The standard InChI is InChI=1S/C55H61BN2O6Si/c1-55(2,3)65(46-20-12-6-13-21-46,47-22-14-7-15-23-47)63-38-43-35-48-52(54(61)58(53(48)60)44-30-32-57(33-31-44)37-40-16-8-4-9-17-40)49-36-56(62)64-50(51(43)49)29-26-42(41-18-10-5-11-19-41)34-39-24-27-45(59)28-25-39/h4-25,27-28,34,44,48-50,52,59,62H,26,29-33,35-38H2,1-3H3/b42-34-/t48-,49+,50-,52-/m1/s1. The zero-order valence-corrected chi connectivity index (χ0v) is 38.9. The van der Waals surface area contributed by atoms with Gasteiger partial charge in [-0.15, -0.1) is 0 Å². The van der Waals surface area contributed by atoms with Crippen molar-refractivity contribution in [3.05, 3.63) is 173 Å². The molecule has 10 heteroatoms. The molecule has 3 saturated heterocycles. The van der Waals surface area contributed by atoms with Gasteiger partial charge in [-0.05, 0) is 105 Å². The summed E-state index contributed by atoms with van der Waals surface area (Å²) in [5.74, 6) is -1.44. The average Bonchev–Trinajstić information content (AvgIpc) is 3.57. The summed E-state index contributed by atoms with van der Waals surface area (Å²) in [7, 11) is -4.10. The van der Waals surface area contributed by atoms with E-state index in [1.165, 1.54) is 15.9 Å². The van der Waals surface area contributed by atoms with Crippen LogP contribution in [-0.4, -0.2) is 79.0 Å². The van der Waals surface area contributed by atoms with Crippen molar-refractivity contribution in [2.24, 2.45) is 17.8 Å². The molecule has 2 N–H and O–H groups in total. The van der Waals surface area contributed by atoms with Crippen molar-refractivity contribution in [3.8, 4) is 5.75 Å². The molecule has 3 heterocycles. The van der Waals surface area contributed by atoms with Gasteiger partial charge < -0.3 is 19.2 Å². The van der Waals surface area contributed by atoms with Gasteiger partial charge in [0.25, 0.3) is 8.32 Å². The van der Waals surface area contributed by atoms with Crippen molar-refractivity contribution >= 4 is 49.3 Å². The van der Waals surface area contributed by atoms with Gasteiger partial charge in [-0.1, -0.05) is 160 Å². The number of benzene rings is 5. The van der Waals surface area contributed by atoms with Crippen molar-refractivity contribution in [3.63, 3.8) is 0 Å². The third kappa shape index (κ3) is 9.25. The first-order valence-corrected chi connectivity index (χ1v) is 25.4. The number of phenols is 1. The summed E-state index contributed by atoms with van der Waals surface area (Å²) in [4.78, 5) is 33.9. The number of piperidine rings is 1. The number of phenolic OH excluding ortho intramolecular Hbond substituents is 1. The number of imide groups is 1. The molecular weight excluding hydrogens is 824 g/mol.